The summed E-state index contributed by atoms with van der Waals surface area (Å²) in [7, 11) is 0. The molecule has 0 saturated heterocycles. The van der Waals surface area contributed by atoms with Crippen molar-refractivity contribution < 1.29 is 0 Å². The van der Waals surface area contributed by atoms with Crippen LogP contribution in [0.1, 0.15) is 22.4 Å². The average Bonchev–Trinajstić information content (AvgIpc) is 3.36. The Bertz CT molecular complexity index is 1780. The first-order valence-electron chi connectivity index (χ1n) is 13.6. The maximum absolute atomic E-state index is 2.40. The molecule has 6 aromatic rings. The number of aryl methyl sites for hydroxylation is 2. The average molecular weight is 520 g/mol. The Labute approximate surface area is 234 Å². The maximum Gasteiger partial charge on any atom is 0.0462 e. The van der Waals surface area contributed by atoms with Crippen LogP contribution in [-0.4, -0.2) is 0 Å². The zero-order valence-corrected chi connectivity index (χ0v) is 22.8. The molecule has 0 spiro atoms. The number of anilines is 3. The van der Waals surface area contributed by atoms with Gasteiger partial charge in [0.15, 0.2) is 0 Å². The fourth-order valence-electron chi connectivity index (χ4n) is 5.66. The van der Waals surface area contributed by atoms with Crippen molar-refractivity contribution in [1.82, 2.24) is 0 Å². The molecule has 0 aliphatic heterocycles. The van der Waals surface area contributed by atoms with Crippen LogP contribution in [0.2, 0.25) is 0 Å². The van der Waals surface area contributed by atoms with Gasteiger partial charge in [0.2, 0.25) is 0 Å². The summed E-state index contributed by atoms with van der Waals surface area (Å²) in [4.78, 5) is 3.85. The molecular formula is C37H29NS. The molecule has 2 heteroatoms. The monoisotopic (exact) mass is 519 g/mol. The summed E-state index contributed by atoms with van der Waals surface area (Å²) in [5.41, 5.74) is 11.2. The lowest BCUT2D eigenvalue weighted by Gasteiger charge is -2.26. The summed E-state index contributed by atoms with van der Waals surface area (Å²) in [5.74, 6) is 0. The summed E-state index contributed by atoms with van der Waals surface area (Å²) in [5, 5.41) is 1.40. The first-order valence-corrected chi connectivity index (χ1v) is 14.4. The molecular weight excluding hydrogens is 490 g/mol. The SMILES string of the molecule is Cc1cc2c3c(sc2cc1-c1ccc(N(c2ccccc2)c2ccc(-c4ccccc4)cc2)cc1)CCC=C3. The zero-order valence-electron chi connectivity index (χ0n) is 22.0. The third kappa shape index (κ3) is 4.47. The Morgan fingerprint density at radius 1 is 0.615 bits per heavy atom. The molecule has 0 radical (unpaired) electrons. The highest BCUT2D eigenvalue weighted by Gasteiger charge is 2.16. The predicted octanol–water partition coefficient (Wildman–Crippen LogP) is 11.0. The van der Waals surface area contributed by atoms with Gasteiger partial charge in [-0.15, -0.1) is 11.3 Å². The minimum absolute atomic E-state index is 1.14. The van der Waals surface area contributed by atoms with Gasteiger partial charge in [0.25, 0.3) is 0 Å². The molecule has 1 heterocycles. The second-order valence-electron chi connectivity index (χ2n) is 10.2. The number of allylic oxidation sites excluding steroid dienone is 1. The van der Waals surface area contributed by atoms with E-state index in [1.54, 1.807) is 0 Å². The van der Waals surface area contributed by atoms with Crippen molar-refractivity contribution in [1.29, 1.82) is 0 Å². The number of fused-ring (bicyclic) bond motifs is 3. The molecule has 0 N–H and O–H groups in total. The quantitative estimate of drug-likeness (QED) is 0.219. The molecule has 1 nitrogen and oxygen atoms in total. The number of hydrogen-bond donors (Lipinski definition) is 0. The largest absolute Gasteiger partial charge is 0.311 e. The van der Waals surface area contributed by atoms with E-state index in [-0.39, 0.29) is 0 Å². The van der Waals surface area contributed by atoms with Crippen LogP contribution in [0.15, 0.2) is 127 Å². The number of hydrogen-bond acceptors (Lipinski definition) is 2. The van der Waals surface area contributed by atoms with E-state index in [4.69, 9.17) is 0 Å². The van der Waals surface area contributed by atoms with Gasteiger partial charge in [0.05, 0.1) is 0 Å². The van der Waals surface area contributed by atoms with Crippen molar-refractivity contribution in [3.05, 3.63) is 143 Å². The van der Waals surface area contributed by atoms with Crippen molar-refractivity contribution in [3.63, 3.8) is 0 Å². The molecule has 0 bridgehead atoms. The third-order valence-corrected chi connectivity index (χ3v) is 8.88. The molecule has 0 amide bonds. The highest BCUT2D eigenvalue weighted by atomic mass is 32.1. The van der Waals surface area contributed by atoms with Crippen LogP contribution in [0.25, 0.3) is 38.4 Å². The van der Waals surface area contributed by atoms with E-state index in [2.05, 4.69) is 145 Å². The van der Waals surface area contributed by atoms with Crippen molar-refractivity contribution >= 4 is 44.6 Å². The normalized spacial score (nSPS) is 12.4. The smallest absolute Gasteiger partial charge is 0.0462 e. The minimum Gasteiger partial charge on any atom is -0.311 e. The Kier molecular flexibility index (Phi) is 6.11. The molecule has 7 rings (SSSR count). The maximum atomic E-state index is 2.40. The summed E-state index contributed by atoms with van der Waals surface area (Å²) >= 11 is 1.96. The van der Waals surface area contributed by atoms with Gasteiger partial charge in [0.1, 0.15) is 0 Å². The highest BCUT2D eigenvalue weighted by molar-refractivity contribution is 7.19. The Hall–Kier alpha value is -4.40. The number of benzene rings is 5. The van der Waals surface area contributed by atoms with Gasteiger partial charge in [-0.1, -0.05) is 84.9 Å². The van der Waals surface area contributed by atoms with E-state index in [0.717, 1.165) is 29.9 Å². The van der Waals surface area contributed by atoms with E-state index in [1.165, 1.54) is 48.3 Å². The molecule has 0 atom stereocenters. The molecule has 0 unspecified atom stereocenters. The van der Waals surface area contributed by atoms with Crippen LogP contribution in [0, 0.1) is 6.92 Å². The van der Waals surface area contributed by atoms with Crippen LogP contribution >= 0.6 is 11.3 Å². The predicted molar refractivity (Wildman–Crippen MR) is 169 cm³/mol. The molecule has 0 saturated carbocycles. The topological polar surface area (TPSA) is 3.24 Å². The van der Waals surface area contributed by atoms with Gasteiger partial charge in [0, 0.05) is 32.0 Å². The fourth-order valence-corrected chi connectivity index (χ4v) is 6.89. The van der Waals surface area contributed by atoms with Crippen LogP contribution in [0.4, 0.5) is 17.1 Å². The number of rotatable bonds is 5. The van der Waals surface area contributed by atoms with E-state index >= 15 is 0 Å². The highest BCUT2D eigenvalue weighted by Crippen LogP contribution is 2.41. The third-order valence-electron chi connectivity index (χ3n) is 7.66. The van der Waals surface area contributed by atoms with Crippen LogP contribution in [-0.2, 0) is 6.42 Å². The summed E-state index contributed by atoms with van der Waals surface area (Å²) in [6.45, 7) is 2.24. The van der Waals surface area contributed by atoms with Gasteiger partial charge in [-0.2, -0.15) is 0 Å². The fraction of sp³-hybridized carbons (Fsp3) is 0.0811. The van der Waals surface area contributed by atoms with Crippen molar-refractivity contribution in [2.24, 2.45) is 0 Å². The van der Waals surface area contributed by atoms with Gasteiger partial charge < -0.3 is 4.90 Å². The van der Waals surface area contributed by atoms with Gasteiger partial charge in [-0.05, 0) is 102 Å². The summed E-state index contributed by atoms with van der Waals surface area (Å²) in [6.07, 6.45) is 6.94. The van der Waals surface area contributed by atoms with Gasteiger partial charge in [-0.3, -0.25) is 0 Å². The van der Waals surface area contributed by atoms with Crippen LogP contribution < -0.4 is 4.90 Å². The van der Waals surface area contributed by atoms with Gasteiger partial charge >= 0.3 is 0 Å². The van der Waals surface area contributed by atoms with Crippen molar-refractivity contribution in [3.8, 4) is 22.3 Å². The van der Waals surface area contributed by atoms with Gasteiger partial charge in [-0.25, -0.2) is 0 Å². The summed E-state index contributed by atoms with van der Waals surface area (Å²) in [6, 6.07) is 43.8. The molecule has 1 aliphatic rings. The molecule has 39 heavy (non-hydrogen) atoms. The number of nitrogens with zero attached hydrogens (tertiary/aromatic N) is 1. The molecule has 1 aromatic heterocycles. The summed E-state index contributed by atoms with van der Waals surface area (Å²) < 4.78 is 1.39. The van der Waals surface area contributed by atoms with Crippen molar-refractivity contribution in [2.75, 3.05) is 4.90 Å². The molecule has 1 aliphatic carbocycles. The molecule has 188 valence electrons. The van der Waals surface area contributed by atoms with E-state index in [0.29, 0.717) is 0 Å². The second kappa shape index (κ2) is 10.1. The molecule has 5 aromatic carbocycles. The first-order chi connectivity index (χ1) is 19.2. The standard InChI is InChI=1S/C37H29NS/c1-26-24-35-33-14-8-9-15-36(33)39-37(35)25-34(26)29-18-22-32(23-19-29)38(30-12-6-3-7-13-30)31-20-16-28(17-21-31)27-10-4-2-5-11-27/h2-8,10-14,16-25H,9,15H2,1H3. The zero-order chi connectivity index (χ0) is 26.2. The minimum atomic E-state index is 1.14. The Balaban J connectivity index is 1.25. The van der Waals surface area contributed by atoms with Crippen LogP contribution in [0.3, 0.4) is 0 Å². The second-order valence-corrected chi connectivity index (χ2v) is 11.3. The first kappa shape index (κ1) is 23.7. The Morgan fingerprint density at radius 3 is 1.90 bits per heavy atom. The van der Waals surface area contributed by atoms with Crippen LogP contribution in [0.5, 0.6) is 0 Å². The van der Waals surface area contributed by atoms with E-state index in [1.807, 2.05) is 11.3 Å². The lowest BCUT2D eigenvalue weighted by Crippen LogP contribution is -2.09. The number of thiophene rings is 1. The lowest BCUT2D eigenvalue weighted by atomic mass is 9.96. The number of para-hydroxylation sites is 1. The van der Waals surface area contributed by atoms with E-state index < -0.39 is 0 Å². The molecule has 0 fully saturated rings. The lowest BCUT2D eigenvalue weighted by molar-refractivity contribution is 1.02. The Morgan fingerprint density at radius 2 is 1.21 bits per heavy atom. The van der Waals surface area contributed by atoms with E-state index in [9.17, 15) is 0 Å². The van der Waals surface area contributed by atoms with Crippen molar-refractivity contribution in [2.45, 2.75) is 19.8 Å².